The summed E-state index contributed by atoms with van der Waals surface area (Å²) < 4.78 is 0. The van der Waals surface area contributed by atoms with Crippen LogP contribution in [0.5, 0.6) is 0 Å². The lowest BCUT2D eigenvalue weighted by molar-refractivity contribution is 0.182. The van der Waals surface area contributed by atoms with Crippen LogP contribution in [-0.2, 0) is 0 Å². The van der Waals surface area contributed by atoms with Gasteiger partial charge in [0.15, 0.2) is 5.96 Å². The summed E-state index contributed by atoms with van der Waals surface area (Å²) in [6, 6.07) is 0.739. The summed E-state index contributed by atoms with van der Waals surface area (Å²) in [6.45, 7) is 9.36. The third-order valence-corrected chi connectivity index (χ3v) is 5.93. The van der Waals surface area contributed by atoms with Crippen LogP contribution in [0, 0.1) is 0 Å². The van der Waals surface area contributed by atoms with Crippen LogP contribution in [0.1, 0.15) is 104 Å². The van der Waals surface area contributed by atoms with Crippen molar-refractivity contribution in [3.63, 3.8) is 0 Å². The van der Waals surface area contributed by atoms with Gasteiger partial charge in [-0.05, 0) is 25.7 Å². The molecule has 0 aromatic carbocycles. The van der Waals surface area contributed by atoms with Crippen molar-refractivity contribution in [2.75, 3.05) is 26.2 Å². The molecule has 0 aromatic rings. The Morgan fingerprint density at radius 3 is 2.00 bits per heavy atom. The molecule has 0 spiro atoms. The molecule has 2 rings (SSSR count). The lowest BCUT2D eigenvalue weighted by atomic mass is 9.98. The summed E-state index contributed by atoms with van der Waals surface area (Å²) in [5.74, 6) is 1.35. The zero-order valence-corrected chi connectivity index (χ0v) is 17.1. The van der Waals surface area contributed by atoms with Crippen LogP contribution in [-0.4, -0.2) is 48.0 Å². The van der Waals surface area contributed by atoms with Gasteiger partial charge in [-0.15, -0.1) is 0 Å². The maximum Gasteiger partial charge on any atom is 0.196 e. The molecule has 2 heterocycles. The smallest absolute Gasteiger partial charge is 0.196 e. The number of nitrogens with zero attached hydrogens (tertiary/aromatic N) is 3. The highest BCUT2D eigenvalue weighted by Gasteiger charge is 2.30. The van der Waals surface area contributed by atoms with E-state index < -0.39 is 0 Å². The first kappa shape index (κ1) is 20.6. The molecule has 2 aliphatic heterocycles. The average molecular weight is 350 g/mol. The number of hydrogen-bond acceptors (Lipinski definition) is 3. The molecule has 25 heavy (non-hydrogen) atoms. The number of rotatable bonds is 13. The number of fused-ring (bicyclic) bond motifs is 1. The number of guanidine groups is 1. The lowest BCUT2D eigenvalue weighted by Gasteiger charge is -2.45. The number of hydrogen-bond donors (Lipinski definition) is 0. The molecule has 0 bridgehead atoms. The first-order chi connectivity index (χ1) is 12.4. The first-order valence-corrected chi connectivity index (χ1v) is 11.4. The topological polar surface area (TPSA) is 18.8 Å². The van der Waals surface area contributed by atoms with E-state index in [9.17, 15) is 0 Å². The van der Waals surface area contributed by atoms with Gasteiger partial charge in [0.1, 0.15) is 0 Å². The highest BCUT2D eigenvalue weighted by Crippen LogP contribution is 2.24. The molecule has 0 radical (unpaired) electrons. The van der Waals surface area contributed by atoms with Gasteiger partial charge in [-0.2, -0.15) is 0 Å². The fraction of sp³-hybridized carbons (Fsp3) is 0.955. The second-order valence-corrected chi connectivity index (χ2v) is 8.13. The summed E-state index contributed by atoms with van der Waals surface area (Å²) >= 11 is 0. The highest BCUT2D eigenvalue weighted by atomic mass is 15.4. The Morgan fingerprint density at radius 1 is 0.760 bits per heavy atom. The fourth-order valence-electron chi connectivity index (χ4n) is 4.43. The largest absolute Gasteiger partial charge is 0.343 e. The normalized spacial score (nSPS) is 17.8. The zero-order valence-electron chi connectivity index (χ0n) is 17.1. The zero-order chi connectivity index (χ0) is 17.7. The van der Waals surface area contributed by atoms with Gasteiger partial charge in [0.2, 0.25) is 0 Å². The van der Waals surface area contributed by atoms with Gasteiger partial charge in [-0.3, -0.25) is 4.99 Å². The maximum absolute atomic E-state index is 4.94. The van der Waals surface area contributed by atoms with Crippen molar-refractivity contribution in [2.45, 2.75) is 110 Å². The van der Waals surface area contributed by atoms with Gasteiger partial charge in [0.25, 0.3) is 0 Å². The fourth-order valence-corrected chi connectivity index (χ4v) is 4.43. The number of unbranched alkanes of at least 4 members (excludes halogenated alkanes) is 8. The summed E-state index contributed by atoms with van der Waals surface area (Å²) in [6.07, 6.45) is 19.3. The highest BCUT2D eigenvalue weighted by molar-refractivity contribution is 5.81. The summed E-state index contributed by atoms with van der Waals surface area (Å²) in [5.41, 5.74) is 0. The Morgan fingerprint density at radius 2 is 1.36 bits per heavy atom. The Balaban J connectivity index is 1.86. The van der Waals surface area contributed by atoms with Crippen molar-refractivity contribution < 1.29 is 0 Å². The minimum atomic E-state index is 0.739. The van der Waals surface area contributed by atoms with E-state index in [0.29, 0.717) is 0 Å². The van der Waals surface area contributed by atoms with E-state index in [4.69, 9.17) is 4.99 Å². The monoisotopic (exact) mass is 349 g/mol. The van der Waals surface area contributed by atoms with Crippen LogP contribution < -0.4 is 0 Å². The summed E-state index contributed by atoms with van der Waals surface area (Å²) in [4.78, 5) is 10.2. The van der Waals surface area contributed by atoms with Crippen molar-refractivity contribution >= 4 is 5.96 Å². The van der Waals surface area contributed by atoms with Gasteiger partial charge in [0, 0.05) is 32.2 Å². The summed E-state index contributed by atoms with van der Waals surface area (Å²) in [5, 5.41) is 0. The molecule has 0 aromatic heterocycles. The molecule has 146 valence electrons. The van der Waals surface area contributed by atoms with Gasteiger partial charge in [-0.25, -0.2) is 0 Å². The standard InChI is InChI=1S/C22H43N3/c1-3-5-7-9-11-15-21(16-12-10-8-6-4-2)25-20-14-19-24-18-13-17-23-22(24)25/h21H,3-20H2,1-2H3. The molecule has 0 aliphatic carbocycles. The van der Waals surface area contributed by atoms with Crippen LogP contribution >= 0.6 is 0 Å². The van der Waals surface area contributed by atoms with Crippen molar-refractivity contribution in [3.05, 3.63) is 0 Å². The Kier molecular flexibility index (Phi) is 10.4. The van der Waals surface area contributed by atoms with E-state index in [1.54, 1.807) is 0 Å². The van der Waals surface area contributed by atoms with E-state index in [1.807, 2.05) is 0 Å². The molecular weight excluding hydrogens is 306 g/mol. The Hall–Kier alpha value is -0.730. The van der Waals surface area contributed by atoms with Crippen LogP contribution in [0.4, 0.5) is 0 Å². The third-order valence-electron chi connectivity index (χ3n) is 5.93. The van der Waals surface area contributed by atoms with E-state index >= 15 is 0 Å². The second-order valence-electron chi connectivity index (χ2n) is 8.13. The SMILES string of the molecule is CCCCCCCC(CCCCCCC)N1CCCN2CCCN=C21. The third kappa shape index (κ3) is 7.19. The quantitative estimate of drug-likeness (QED) is 0.389. The lowest BCUT2D eigenvalue weighted by Crippen LogP contribution is -2.55. The van der Waals surface area contributed by atoms with Crippen LogP contribution in [0.3, 0.4) is 0 Å². The van der Waals surface area contributed by atoms with Crippen LogP contribution in [0.15, 0.2) is 4.99 Å². The van der Waals surface area contributed by atoms with Crippen LogP contribution in [0.2, 0.25) is 0 Å². The molecular formula is C22H43N3. The number of aliphatic imine (C=N–C) groups is 1. The van der Waals surface area contributed by atoms with Crippen molar-refractivity contribution in [3.8, 4) is 0 Å². The second kappa shape index (κ2) is 12.6. The molecule has 0 unspecified atom stereocenters. The molecule has 3 nitrogen and oxygen atoms in total. The molecule has 0 amide bonds. The average Bonchev–Trinajstić information content (AvgIpc) is 2.65. The molecule has 2 aliphatic rings. The first-order valence-electron chi connectivity index (χ1n) is 11.4. The summed E-state index contributed by atoms with van der Waals surface area (Å²) in [7, 11) is 0. The molecule has 1 saturated heterocycles. The predicted molar refractivity (Wildman–Crippen MR) is 110 cm³/mol. The van der Waals surface area contributed by atoms with Gasteiger partial charge >= 0.3 is 0 Å². The minimum Gasteiger partial charge on any atom is -0.343 e. The van der Waals surface area contributed by atoms with Crippen LogP contribution in [0.25, 0.3) is 0 Å². The van der Waals surface area contributed by atoms with Crippen molar-refractivity contribution in [1.29, 1.82) is 0 Å². The van der Waals surface area contributed by atoms with E-state index in [0.717, 1.165) is 12.6 Å². The molecule has 0 N–H and O–H groups in total. The maximum atomic E-state index is 4.94. The van der Waals surface area contributed by atoms with Gasteiger partial charge < -0.3 is 9.80 Å². The van der Waals surface area contributed by atoms with E-state index in [1.165, 1.54) is 115 Å². The molecule has 0 atom stereocenters. The predicted octanol–water partition coefficient (Wildman–Crippen LogP) is 5.84. The molecule has 1 fully saturated rings. The van der Waals surface area contributed by atoms with Crippen molar-refractivity contribution in [2.24, 2.45) is 4.99 Å². The minimum absolute atomic E-state index is 0.739. The van der Waals surface area contributed by atoms with Gasteiger partial charge in [-0.1, -0.05) is 78.1 Å². The Bertz CT molecular complexity index is 352. The van der Waals surface area contributed by atoms with Gasteiger partial charge in [0.05, 0.1) is 0 Å². The van der Waals surface area contributed by atoms with E-state index in [-0.39, 0.29) is 0 Å². The molecule has 3 heteroatoms. The van der Waals surface area contributed by atoms with Crippen molar-refractivity contribution in [1.82, 2.24) is 9.80 Å². The Labute approximate surface area is 157 Å². The molecule has 0 saturated carbocycles. The van der Waals surface area contributed by atoms with E-state index in [2.05, 4.69) is 23.6 Å².